The molecular formula is C68H109N21O23S2. The molecule has 0 aromatic carbocycles. The number of nitrogens with one attached hydrogen (secondary N) is 10. The number of ether oxygens (including phenoxy) is 5. The summed E-state index contributed by atoms with van der Waals surface area (Å²) < 4.78 is 28.8. The number of carbonyl (C=O) groups is 10. The molecule has 30 N–H and O–H groups in total. The van der Waals surface area contributed by atoms with Gasteiger partial charge in [0.2, 0.25) is 41.4 Å². The van der Waals surface area contributed by atoms with Crippen molar-refractivity contribution in [2.24, 2.45) is 46.4 Å². The van der Waals surface area contributed by atoms with Gasteiger partial charge in [0, 0.05) is 55.3 Å². The first-order chi connectivity index (χ1) is 53.9. The van der Waals surface area contributed by atoms with E-state index in [-0.39, 0.29) is 77.7 Å². The minimum Gasteiger partial charge on any atom is -0.441 e. The van der Waals surface area contributed by atoms with Gasteiger partial charge in [-0.05, 0) is 71.4 Å². The number of aromatic amines is 1. The van der Waals surface area contributed by atoms with Crippen molar-refractivity contribution < 1.29 is 112 Å². The highest BCUT2D eigenvalue weighted by Gasteiger charge is 2.54. The smallest absolute Gasteiger partial charge is 0.404 e. The van der Waals surface area contributed by atoms with Crippen molar-refractivity contribution in [3.8, 4) is 10.7 Å². The van der Waals surface area contributed by atoms with Crippen LogP contribution in [0.1, 0.15) is 136 Å². The Morgan fingerprint density at radius 2 is 1.33 bits per heavy atom. The van der Waals surface area contributed by atoms with Gasteiger partial charge in [-0.25, -0.2) is 29.7 Å². The lowest BCUT2D eigenvalue weighted by molar-refractivity contribution is -0.372. The number of carbonyl (C=O) groups excluding carboxylic acids is 10. The van der Waals surface area contributed by atoms with Gasteiger partial charge in [-0.2, -0.15) is 0 Å². The lowest BCUT2D eigenvalue weighted by atomic mass is 9.96. The average molecular weight is 1650 g/mol. The highest BCUT2D eigenvalue weighted by molar-refractivity contribution is 7.14. The summed E-state index contributed by atoms with van der Waals surface area (Å²) in [5, 5.41) is 117. The number of rotatable bonds is 46. The number of nitrogen functional groups attached to an aromatic ring is 1. The Bertz CT molecular complexity index is 3830. The van der Waals surface area contributed by atoms with Crippen LogP contribution < -0.4 is 82.3 Å². The zero-order chi connectivity index (χ0) is 84.5. The number of aromatic nitrogens is 6. The summed E-state index contributed by atoms with van der Waals surface area (Å²) in [5.74, 6) is -9.40. The van der Waals surface area contributed by atoms with Crippen LogP contribution >= 0.6 is 22.7 Å². The summed E-state index contributed by atoms with van der Waals surface area (Å²) in [4.78, 5) is 157. The molecule has 21 atom stereocenters. The Labute approximate surface area is 663 Å². The average Bonchev–Trinajstić information content (AvgIpc) is 0.843. The molecule has 0 saturated carbocycles. The second kappa shape index (κ2) is 44.9. The number of hydrogen-bond donors (Lipinski definition) is 24. The van der Waals surface area contributed by atoms with Gasteiger partial charge in [-0.1, -0.05) is 34.6 Å². The predicted octanol–water partition coefficient (Wildman–Crippen LogP) is -7.58. The number of aliphatic hydroxyl groups excluding tert-OH is 8. The van der Waals surface area contributed by atoms with E-state index in [1.54, 1.807) is 10.8 Å². The third-order valence-electron chi connectivity index (χ3n) is 18.5. The zero-order valence-electron chi connectivity index (χ0n) is 64.2. The monoisotopic (exact) mass is 1650 g/mol. The number of thiazole rings is 2. The SMILES string of the molecule is Cc1c(N)nc([C@H](CC(N)=O)NC[C@H](N)C(N)=O)nc1C(=O)N[C@H](C(=O)N[C@H](C)[C@@H](O)[C@H](C)C(=O)N[C@H](C(=O)NCCc1nc(-c2nc(C(=O)NCCCNCCCCNC(=O)[C@H](CC(C)C)NC(=O)[C@H](N)C(C)C)cs2)cs1)[C@@H](C)O)[C@@H](O[C@@H]1O[C@@H](CO)[C@@H](O)[C@H](O)[C@@H]1O[C@H]1O[C@H](CO)[C@@H](O)[C@H](OC(N)=O)[C@@H]1O)c1cnc[nH]1. The van der Waals surface area contributed by atoms with E-state index in [4.69, 9.17) is 58.1 Å². The summed E-state index contributed by atoms with van der Waals surface area (Å²) in [6.45, 7) is 12.3. The number of imidazole rings is 1. The fourth-order valence-corrected chi connectivity index (χ4v) is 13.4. The number of hydrogen-bond acceptors (Lipinski definition) is 35. The topological polar surface area (TPSA) is 723 Å². The number of primary amides is 3. The summed E-state index contributed by atoms with van der Waals surface area (Å²) in [5.41, 5.74) is 34.0. The van der Waals surface area contributed by atoms with Crippen LogP contribution in [0.2, 0.25) is 0 Å². The van der Waals surface area contributed by atoms with Crippen molar-refractivity contribution in [3.63, 3.8) is 0 Å². The quantitative estimate of drug-likeness (QED) is 0.0183. The van der Waals surface area contributed by atoms with E-state index in [0.29, 0.717) is 61.2 Å². The lowest BCUT2D eigenvalue weighted by Gasteiger charge is -2.47. The molecular weight excluding hydrogens is 1540 g/mol. The molecule has 44 nitrogen and oxygen atoms in total. The highest BCUT2D eigenvalue weighted by Crippen LogP contribution is 2.35. The second-order valence-electron chi connectivity index (χ2n) is 28.3. The first-order valence-corrected chi connectivity index (χ1v) is 38.6. The fraction of sp³-hybridized carbons (Fsp3) is 0.662. The first kappa shape index (κ1) is 94.1. The summed E-state index contributed by atoms with van der Waals surface area (Å²) >= 11 is 2.46. The van der Waals surface area contributed by atoms with E-state index >= 15 is 4.79 Å². The van der Waals surface area contributed by atoms with Crippen LogP contribution in [-0.2, 0) is 63.7 Å². The number of nitrogens with two attached hydrogens (primary N) is 6. The molecule has 2 fully saturated rings. The molecule has 2 saturated heterocycles. The highest BCUT2D eigenvalue weighted by atomic mass is 32.1. The fourth-order valence-electron chi connectivity index (χ4n) is 11.8. The Morgan fingerprint density at radius 1 is 0.675 bits per heavy atom. The van der Waals surface area contributed by atoms with Gasteiger partial charge in [0.1, 0.15) is 101 Å². The maximum Gasteiger partial charge on any atom is 0.404 e. The van der Waals surface area contributed by atoms with Gasteiger partial charge in [-0.15, -0.1) is 22.7 Å². The molecule has 46 heteroatoms. The van der Waals surface area contributed by atoms with Crippen molar-refractivity contribution in [3.05, 3.63) is 56.8 Å². The maximum absolute atomic E-state index is 15.3. The third-order valence-corrected chi connectivity index (χ3v) is 20.3. The number of nitrogens with zero attached hydrogens (tertiary/aromatic N) is 5. The summed E-state index contributed by atoms with van der Waals surface area (Å²) in [6.07, 6.45) is -22.8. The second-order valence-corrected chi connectivity index (χ2v) is 30.1. The van der Waals surface area contributed by atoms with Gasteiger partial charge < -0.3 is 152 Å². The van der Waals surface area contributed by atoms with Crippen molar-refractivity contribution in [2.45, 2.75) is 216 Å². The summed E-state index contributed by atoms with van der Waals surface area (Å²) in [6, 6.07) is -9.34. The minimum atomic E-state index is -2.21. The van der Waals surface area contributed by atoms with Gasteiger partial charge in [0.15, 0.2) is 18.7 Å². The van der Waals surface area contributed by atoms with E-state index in [1.165, 1.54) is 50.4 Å². The number of aliphatic hydroxyl groups is 8. The van der Waals surface area contributed by atoms with Gasteiger partial charge >= 0.3 is 6.09 Å². The molecule has 636 valence electrons. The maximum atomic E-state index is 15.3. The number of anilines is 1. The third kappa shape index (κ3) is 26.9. The van der Waals surface area contributed by atoms with Crippen LogP contribution in [-0.4, -0.2) is 292 Å². The Hall–Kier alpha value is -8.79. The van der Waals surface area contributed by atoms with Crippen molar-refractivity contribution >= 4 is 87.7 Å². The standard InChI is InChI=1S/C68H109N21O23S2/c1-27(2)18-35(84-61(103)43(71)28(3)4)59(101)77-15-10-9-13-75-14-11-16-78-60(102)37-24-114-65(85-37)38-25-113-42(83-38)12-17-79-62(104)45(32(8)92)87-58(100)30(6)47(94)31(7)82-64(106)46(88-63(105)44-29(5)55(72)89-57(86-44)34(19-41(70)93)80-20-33(69)56(73)99)52(36-21-76-26-81-36)110-67-54(50(97)48(95)39(22-90)109-67)111-66-51(98)53(112-68(74)107)49(96)40(23-91)108-66/h21,24-28,30-35,39-40,43,45-54,66-67,75,80,90-92,94-98H,9-20,22-23,69,71H2,1-8H3,(H2,70,93)(H2,73,99)(H2,74,107)(H,76,81)(H,77,101)(H,78,102)(H,79,104)(H,82,106)(H,84,103)(H,87,100)(H,88,105)(H2,72,86,89)/t30-,31+,32+,33-,34-,35-,39-,40+,43+,45-,46-,47-,48+,49+,50-,51-,52-,53-,54-,66+,67-/m0/s1. The largest absolute Gasteiger partial charge is 0.441 e. The minimum absolute atomic E-state index is 0.0406. The van der Waals surface area contributed by atoms with Crippen LogP contribution in [0.3, 0.4) is 0 Å². The molecule has 0 aliphatic carbocycles. The van der Waals surface area contributed by atoms with Gasteiger partial charge in [0.25, 0.3) is 11.8 Å². The van der Waals surface area contributed by atoms with Crippen LogP contribution in [0.4, 0.5) is 10.6 Å². The molecule has 6 rings (SSSR count). The van der Waals surface area contributed by atoms with Crippen molar-refractivity contribution in [1.29, 1.82) is 0 Å². The molecule has 10 amide bonds. The van der Waals surface area contributed by atoms with E-state index in [0.717, 1.165) is 18.9 Å². The molecule has 4 aromatic heterocycles. The van der Waals surface area contributed by atoms with Crippen LogP contribution in [0.25, 0.3) is 10.7 Å². The Balaban J connectivity index is 1.11. The molecule has 114 heavy (non-hydrogen) atoms. The number of unbranched alkanes of at least 4 members (excludes halogenated alkanes) is 1. The number of H-pyrrole nitrogens is 1. The molecule has 4 aromatic rings. The molecule has 0 unspecified atom stereocenters. The first-order valence-electron chi connectivity index (χ1n) is 36.9. The lowest BCUT2D eigenvalue weighted by Crippen LogP contribution is -2.65. The Morgan fingerprint density at radius 3 is 1.96 bits per heavy atom. The van der Waals surface area contributed by atoms with E-state index < -0.39 is 195 Å². The molecule has 2 aliphatic rings. The molecule has 0 radical (unpaired) electrons. The molecule has 2 aliphatic heterocycles. The molecule has 6 heterocycles. The Kier molecular flexibility index (Phi) is 37.1. The van der Waals surface area contributed by atoms with Crippen molar-refractivity contribution in [1.82, 2.24) is 77.8 Å². The summed E-state index contributed by atoms with van der Waals surface area (Å²) in [7, 11) is 0. The zero-order valence-corrected chi connectivity index (χ0v) is 65.8. The normalized spacial score (nSPS) is 22.6. The van der Waals surface area contributed by atoms with Crippen LogP contribution in [0.15, 0.2) is 23.3 Å². The van der Waals surface area contributed by atoms with E-state index in [9.17, 15) is 84.0 Å². The predicted molar refractivity (Wildman–Crippen MR) is 404 cm³/mol. The van der Waals surface area contributed by atoms with Gasteiger partial charge in [0.05, 0.1) is 78.7 Å². The van der Waals surface area contributed by atoms with Crippen molar-refractivity contribution in [2.75, 3.05) is 58.2 Å². The van der Waals surface area contributed by atoms with Crippen LogP contribution in [0, 0.1) is 24.7 Å². The van der Waals surface area contributed by atoms with E-state index in [1.807, 2.05) is 27.7 Å². The number of amides is 10. The van der Waals surface area contributed by atoms with Gasteiger partial charge in [-0.3, -0.25) is 43.2 Å². The molecule has 0 spiro atoms. The van der Waals surface area contributed by atoms with E-state index in [2.05, 4.69) is 77.8 Å². The van der Waals surface area contributed by atoms with Crippen LogP contribution in [0.5, 0.6) is 0 Å². The molecule has 0 bridgehead atoms.